The molecule has 1 nitrogen and oxygen atoms in total. The van der Waals surface area contributed by atoms with Crippen LogP contribution in [0.3, 0.4) is 0 Å². The Labute approximate surface area is 58.1 Å². The Morgan fingerprint density at radius 2 is 2.25 bits per heavy atom. The Bertz CT molecular complexity index is 151. The smallest absolute Gasteiger partial charge is 0.126 e. The predicted molar refractivity (Wildman–Crippen MR) is 35.1 cm³/mol. The highest BCUT2D eigenvalue weighted by molar-refractivity contribution is 7.80. The van der Waals surface area contributed by atoms with Gasteiger partial charge in [-0.15, -0.1) is 0 Å². The van der Waals surface area contributed by atoms with E-state index in [1.165, 1.54) is 6.20 Å². The minimum absolute atomic E-state index is 0.578. The van der Waals surface area contributed by atoms with E-state index < -0.39 is 0 Å². The van der Waals surface area contributed by atoms with Crippen LogP contribution in [-0.2, 0) is 0 Å². The number of rotatable bonds is 0. The van der Waals surface area contributed by atoms with Crippen LogP contribution in [0.5, 0.6) is 0 Å². The molecule has 0 saturated heterocycles. The summed E-state index contributed by atoms with van der Waals surface area (Å²) >= 11 is 10.2. The van der Waals surface area contributed by atoms with Crippen LogP contribution >= 0.6 is 24.2 Å². The van der Waals surface area contributed by atoms with Gasteiger partial charge < -0.3 is 0 Å². The van der Waals surface area contributed by atoms with Crippen molar-refractivity contribution >= 4 is 24.2 Å². The summed E-state index contributed by atoms with van der Waals surface area (Å²) in [6.45, 7) is 0. The molecule has 0 aliphatic carbocycles. The summed E-state index contributed by atoms with van der Waals surface area (Å²) in [4.78, 5) is 3.76. The summed E-state index contributed by atoms with van der Waals surface area (Å²) in [5.74, 6) is 0. The van der Waals surface area contributed by atoms with E-state index in [4.69, 9.17) is 24.2 Å². The molecule has 0 spiro atoms. The first kappa shape index (κ1) is 5.79. The minimum atomic E-state index is 0.578. The van der Waals surface area contributed by atoms with Gasteiger partial charge in [-0.05, 0) is 12.1 Å². The second kappa shape index (κ2) is 2.29. The van der Waals surface area contributed by atoms with Crippen molar-refractivity contribution in [3.05, 3.63) is 23.4 Å². The number of halogens is 1. The van der Waals surface area contributed by atoms with Gasteiger partial charge in [0.05, 0.1) is 5.02 Å². The van der Waals surface area contributed by atoms with Crippen molar-refractivity contribution in [1.29, 1.82) is 0 Å². The van der Waals surface area contributed by atoms with Gasteiger partial charge in [-0.2, -0.15) is 0 Å². The van der Waals surface area contributed by atoms with E-state index in [9.17, 15) is 0 Å². The van der Waals surface area contributed by atoms with Crippen LogP contribution in [0.1, 0.15) is 0 Å². The van der Waals surface area contributed by atoms with E-state index in [1.54, 1.807) is 12.1 Å². The lowest BCUT2D eigenvalue weighted by molar-refractivity contribution is 1.14. The molecule has 0 aliphatic rings. The molecule has 0 aliphatic heterocycles. The fourth-order valence-corrected chi connectivity index (χ4v) is 0.595. The van der Waals surface area contributed by atoms with Crippen LogP contribution in [0.15, 0.2) is 23.4 Å². The summed E-state index contributed by atoms with van der Waals surface area (Å²) in [6.07, 6.45) is 1.53. The maximum absolute atomic E-state index is 5.50. The van der Waals surface area contributed by atoms with Gasteiger partial charge >= 0.3 is 0 Å². The van der Waals surface area contributed by atoms with E-state index >= 15 is 0 Å². The second-order valence-corrected chi connectivity index (χ2v) is 2.17. The molecule has 1 rings (SSSR count). The first-order valence-electron chi connectivity index (χ1n) is 2.07. The molecular weight excluding hydrogens is 142 g/mol. The lowest BCUT2D eigenvalue weighted by atomic mass is 10.5. The van der Waals surface area contributed by atoms with Crippen molar-refractivity contribution in [1.82, 2.24) is 4.98 Å². The highest BCUT2D eigenvalue weighted by Crippen LogP contribution is 2.07. The van der Waals surface area contributed by atoms with E-state index in [-0.39, 0.29) is 0 Å². The Morgan fingerprint density at radius 3 is 2.62 bits per heavy atom. The fourth-order valence-electron chi connectivity index (χ4n) is 0.362. The normalized spacial score (nSPS) is 9.12. The van der Waals surface area contributed by atoms with Crippen LogP contribution in [-0.4, -0.2) is 4.98 Å². The largest absolute Gasteiger partial charge is 0.244 e. The maximum atomic E-state index is 5.50. The van der Waals surface area contributed by atoms with Gasteiger partial charge in [0.2, 0.25) is 0 Å². The van der Waals surface area contributed by atoms with E-state index in [2.05, 4.69) is 4.98 Å². The van der Waals surface area contributed by atoms with Gasteiger partial charge in [0.15, 0.2) is 0 Å². The molecule has 1 heterocycles. The van der Waals surface area contributed by atoms with Crippen LogP contribution in [0, 0.1) is 0 Å². The molecular formula is C5H3ClNS. The zero-order chi connectivity index (χ0) is 5.98. The number of nitrogens with zero attached hydrogens (tertiary/aromatic N) is 1. The molecule has 1 aromatic rings. The number of aromatic nitrogens is 1. The van der Waals surface area contributed by atoms with Crippen molar-refractivity contribution in [2.75, 3.05) is 0 Å². The Hall–Kier alpha value is -0.340. The van der Waals surface area contributed by atoms with Gasteiger partial charge in [-0.3, -0.25) is 0 Å². The average Bonchev–Trinajstić information content (AvgIpc) is 1.77. The summed E-state index contributed by atoms with van der Waals surface area (Å²) in [6, 6.07) is 3.41. The third-order valence-corrected chi connectivity index (χ3v) is 1.17. The molecule has 0 N–H and O–H groups in total. The molecule has 0 aromatic carbocycles. The molecule has 3 heteroatoms. The predicted octanol–water partition coefficient (Wildman–Crippen LogP) is 2.29. The lowest BCUT2D eigenvalue weighted by Gasteiger charge is -1.85. The summed E-state index contributed by atoms with van der Waals surface area (Å²) in [5, 5.41) is 1.20. The Kier molecular flexibility index (Phi) is 1.65. The van der Waals surface area contributed by atoms with E-state index in [1.807, 2.05) is 0 Å². The van der Waals surface area contributed by atoms with Gasteiger partial charge in [0.25, 0.3) is 0 Å². The van der Waals surface area contributed by atoms with E-state index in [0.29, 0.717) is 10.0 Å². The van der Waals surface area contributed by atoms with E-state index in [0.717, 1.165) is 0 Å². The molecule has 0 bridgehead atoms. The number of hydrogen-bond acceptors (Lipinski definition) is 1. The first-order chi connectivity index (χ1) is 3.79. The zero-order valence-electron chi connectivity index (χ0n) is 3.97. The van der Waals surface area contributed by atoms with Crippen LogP contribution < -0.4 is 0 Å². The summed E-state index contributed by atoms with van der Waals surface area (Å²) in [5.41, 5.74) is 0. The molecule has 0 saturated carbocycles. The van der Waals surface area contributed by atoms with Crippen molar-refractivity contribution in [2.24, 2.45) is 0 Å². The molecule has 1 aromatic heterocycles. The Balaban J connectivity index is 3.03. The summed E-state index contributed by atoms with van der Waals surface area (Å²) in [7, 11) is 0. The van der Waals surface area contributed by atoms with Gasteiger partial charge in [0, 0.05) is 6.20 Å². The quantitative estimate of drug-likeness (QED) is 0.545. The standard InChI is InChI=1S/C5H3ClNS/c6-4-1-2-5(8)7-3-4/h1-3H. The van der Waals surface area contributed by atoms with Gasteiger partial charge in [0.1, 0.15) is 5.03 Å². The monoisotopic (exact) mass is 144 g/mol. The highest BCUT2D eigenvalue weighted by Gasteiger charge is 1.85. The third kappa shape index (κ3) is 1.32. The first-order valence-corrected chi connectivity index (χ1v) is 2.86. The highest BCUT2D eigenvalue weighted by atomic mass is 35.5. The third-order valence-electron chi connectivity index (χ3n) is 0.700. The second-order valence-electron chi connectivity index (χ2n) is 1.31. The molecule has 41 valence electrons. The van der Waals surface area contributed by atoms with Gasteiger partial charge in [-0.25, -0.2) is 4.98 Å². The van der Waals surface area contributed by atoms with Crippen LogP contribution in [0.2, 0.25) is 5.02 Å². The van der Waals surface area contributed by atoms with Crippen LogP contribution in [0.4, 0.5) is 0 Å². The number of pyridine rings is 1. The van der Waals surface area contributed by atoms with Crippen molar-refractivity contribution in [2.45, 2.75) is 5.03 Å². The SMILES string of the molecule is [S]c1ccc(Cl)cn1. The zero-order valence-corrected chi connectivity index (χ0v) is 5.54. The molecule has 0 fully saturated rings. The molecule has 0 atom stereocenters. The van der Waals surface area contributed by atoms with Crippen molar-refractivity contribution < 1.29 is 0 Å². The topological polar surface area (TPSA) is 12.9 Å². The average molecular weight is 145 g/mol. The minimum Gasteiger partial charge on any atom is -0.244 e. The lowest BCUT2D eigenvalue weighted by Crippen LogP contribution is -1.70. The molecule has 0 unspecified atom stereocenters. The van der Waals surface area contributed by atoms with Crippen LogP contribution in [0.25, 0.3) is 0 Å². The molecule has 0 amide bonds. The van der Waals surface area contributed by atoms with Crippen molar-refractivity contribution in [3.8, 4) is 0 Å². The number of hydrogen-bond donors (Lipinski definition) is 0. The summed E-state index contributed by atoms with van der Waals surface area (Å²) < 4.78 is 0. The molecule has 8 heavy (non-hydrogen) atoms. The fraction of sp³-hybridized carbons (Fsp3) is 0. The molecule has 1 radical (unpaired) electrons. The maximum Gasteiger partial charge on any atom is 0.126 e. The van der Waals surface area contributed by atoms with Gasteiger partial charge in [-0.1, -0.05) is 24.2 Å². The Morgan fingerprint density at radius 1 is 1.50 bits per heavy atom. The van der Waals surface area contributed by atoms with Crippen molar-refractivity contribution in [3.63, 3.8) is 0 Å².